The molecule has 3 aromatic rings. The first kappa shape index (κ1) is 23.8. The first-order valence-electron chi connectivity index (χ1n) is 12.5. The summed E-state index contributed by atoms with van der Waals surface area (Å²) < 4.78 is 15.0. The zero-order valence-corrected chi connectivity index (χ0v) is 20.6. The molecule has 0 atom stereocenters. The number of nitriles is 2. The van der Waals surface area contributed by atoms with E-state index in [1.54, 1.807) is 19.2 Å². The lowest BCUT2D eigenvalue weighted by atomic mass is 9.88. The minimum Gasteiger partial charge on any atom is -0.369 e. The first-order valence-corrected chi connectivity index (χ1v) is 12.5. The van der Waals surface area contributed by atoms with Gasteiger partial charge in [0.25, 0.3) is 5.56 Å². The van der Waals surface area contributed by atoms with Crippen molar-refractivity contribution < 1.29 is 4.39 Å². The van der Waals surface area contributed by atoms with Crippen LogP contribution in [0.25, 0.3) is 11.0 Å². The van der Waals surface area contributed by atoms with Crippen molar-refractivity contribution in [2.75, 3.05) is 23.4 Å². The average Bonchev–Trinajstić information content (AvgIpc) is 3.73. The third kappa shape index (κ3) is 4.40. The molecule has 0 aliphatic heterocycles. The fraction of sp³-hybridized carbons (Fsp3) is 0.429. The number of anilines is 2. The van der Waals surface area contributed by atoms with Crippen LogP contribution in [0.15, 0.2) is 41.2 Å². The molecule has 5 rings (SSSR count). The third-order valence-electron chi connectivity index (χ3n) is 7.76. The van der Waals surface area contributed by atoms with E-state index < -0.39 is 0 Å². The van der Waals surface area contributed by atoms with E-state index in [0.717, 1.165) is 37.9 Å². The van der Waals surface area contributed by atoms with Crippen LogP contribution in [0, 0.1) is 34.4 Å². The van der Waals surface area contributed by atoms with Gasteiger partial charge in [0.05, 0.1) is 11.2 Å². The van der Waals surface area contributed by atoms with Crippen LogP contribution in [0.3, 0.4) is 0 Å². The fourth-order valence-electron chi connectivity index (χ4n) is 5.52. The number of halogens is 1. The Labute approximate surface area is 210 Å². The fourth-order valence-corrected chi connectivity index (χ4v) is 5.52. The summed E-state index contributed by atoms with van der Waals surface area (Å²) in [5, 5.41) is 19.3. The van der Waals surface area contributed by atoms with Crippen molar-refractivity contribution in [1.82, 2.24) is 9.55 Å². The Morgan fingerprint density at radius 1 is 1.00 bits per heavy atom. The summed E-state index contributed by atoms with van der Waals surface area (Å²) in [5.74, 6) is 0.485. The monoisotopic (exact) mass is 484 g/mol. The number of aromatic nitrogens is 2. The molecule has 2 fully saturated rings. The molecule has 8 heteroatoms. The largest absolute Gasteiger partial charge is 0.369 e. The van der Waals surface area contributed by atoms with Gasteiger partial charge >= 0.3 is 0 Å². The molecule has 2 heterocycles. The maximum absolute atomic E-state index is 13.5. The predicted octanol–water partition coefficient (Wildman–Crippen LogP) is 4.48. The van der Waals surface area contributed by atoms with Crippen molar-refractivity contribution in [3.05, 3.63) is 63.8 Å². The molecule has 0 spiro atoms. The predicted molar refractivity (Wildman–Crippen MR) is 137 cm³/mol. The summed E-state index contributed by atoms with van der Waals surface area (Å²) in [7, 11) is 3.54. The number of nitrogens with zero attached hydrogens (tertiary/aromatic N) is 6. The van der Waals surface area contributed by atoms with Gasteiger partial charge in [-0.3, -0.25) is 4.79 Å². The first-order chi connectivity index (χ1) is 17.4. The smallest absolute Gasteiger partial charge is 0.270 e. The van der Waals surface area contributed by atoms with Crippen LogP contribution in [0.5, 0.6) is 0 Å². The molecule has 184 valence electrons. The van der Waals surface area contributed by atoms with Gasteiger partial charge in [-0.25, -0.2) is 9.37 Å². The van der Waals surface area contributed by atoms with E-state index in [1.165, 1.54) is 29.5 Å². The van der Waals surface area contributed by atoms with Crippen LogP contribution < -0.4 is 15.4 Å². The molecule has 2 saturated carbocycles. The van der Waals surface area contributed by atoms with E-state index in [9.17, 15) is 19.7 Å². The zero-order valence-electron chi connectivity index (χ0n) is 20.6. The summed E-state index contributed by atoms with van der Waals surface area (Å²) in [6.45, 7) is 0.996. The van der Waals surface area contributed by atoms with Crippen molar-refractivity contribution in [3.63, 3.8) is 0 Å². The SMILES string of the molecule is CN(c1c(C#N)c(=O)n(C)c2ccc(C#N)nc12)C1CCC(N(CC2CC2)c2ccc(F)cc2)CC1. The lowest BCUT2D eigenvalue weighted by molar-refractivity contribution is 0.365. The van der Waals surface area contributed by atoms with Crippen molar-refractivity contribution in [1.29, 1.82) is 10.5 Å². The summed E-state index contributed by atoms with van der Waals surface area (Å²) in [5.41, 5.74) is 2.61. The lowest BCUT2D eigenvalue weighted by Crippen LogP contribution is -2.44. The maximum atomic E-state index is 13.5. The molecule has 2 aromatic heterocycles. The molecule has 1 aromatic carbocycles. The van der Waals surface area contributed by atoms with Crippen molar-refractivity contribution in [3.8, 4) is 12.1 Å². The molecule has 0 saturated heterocycles. The number of hydrogen-bond acceptors (Lipinski definition) is 6. The molecule has 0 radical (unpaired) electrons. The van der Waals surface area contributed by atoms with Gasteiger partial charge in [-0.1, -0.05) is 0 Å². The summed E-state index contributed by atoms with van der Waals surface area (Å²) in [6, 6.07) is 14.8. The Kier molecular flexibility index (Phi) is 6.36. The second kappa shape index (κ2) is 9.62. The summed E-state index contributed by atoms with van der Waals surface area (Å²) >= 11 is 0. The number of pyridine rings is 2. The second-order valence-electron chi connectivity index (χ2n) is 10.0. The molecule has 0 unspecified atom stereocenters. The molecule has 0 amide bonds. The van der Waals surface area contributed by atoms with Gasteiger partial charge in [-0.15, -0.1) is 0 Å². The minimum absolute atomic E-state index is 0.0545. The Morgan fingerprint density at radius 3 is 2.28 bits per heavy atom. The molecule has 2 aliphatic rings. The van der Waals surface area contributed by atoms with E-state index in [0.29, 0.717) is 28.7 Å². The Bertz CT molecular complexity index is 1420. The topological polar surface area (TPSA) is 88.9 Å². The normalized spacial score (nSPS) is 19.5. The number of aryl methyl sites for hydroxylation is 1. The minimum atomic E-state index is -0.362. The third-order valence-corrected chi connectivity index (χ3v) is 7.76. The van der Waals surface area contributed by atoms with E-state index in [1.807, 2.05) is 24.1 Å². The molecule has 36 heavy (non-hydrogen) atoms. The van der Waals surface area contributed by atoms with Gasteiger partial charge in [0, 0.05) is 38.4 Å². The highest BCUT2D eigenvalue weighted by molar-refractivity contribution is 5.92. The van der Waals surface area contributed by atoms with E-state index in [-0.39, 0.29) is 28.7 Å². The van der Waals surface area contributed by atoms with Crippen LogP contribution >= 0.6 is 0 Å². The molecular formula is C28H29FN6O. The lowest BCUT2D eigenvalue weighted by Gasteiger charge is -2.41. The van der Waals surface area contributed by atoms with Gasteiger partial charge in [0.15, 0.2) is 0 Å². The highest BCUT2D eigenvalue weighted by Crippen LogP contribution is 2.37. The van der Waals surface area contributed by atoms with Gasteiger partial charge in [-0.2, -0.15) is 10.5 Å². The van der Waals surface area contributed by atoms with Gasteiger partial charge < -0.3 is 14.4 Å². The number of hydrogen-bond donors (Lipinski definition) is 0. The highest BCUT2D eigenvalue weighted by Gasteiger charge is 2.33. The molecular weight excluding hydrogens is 455 g/mol. The molecule has 2 aliphatic carbocycles. The number of benzene rings is 1. The molecule has 0 bridgehead atoms. The van der Waals surface area contributed by atoms with Crippen LogP contribution in [0.2, 0.25) is 0 Å². The maximum Gasteiger partial charge on any atom is 0.270 e. The van der Waals surface area contributed by atoms with Crippen molar-refractivity contribution in [2.45, 2.75) is 50.6 Å². The highest BCUT2D eigenvalue weighted by atomic mass is 19.1. The zero-order chi connectivity index (χ0) is 25.4. The Morgan fingerprint density at radius 2 is 1.67 bits per heavy atom. The van der Waals surface area contributed by atoms with E-state index in [2.05, 4.69) is 22.0 Å². The van der Waals surface area contributed by atoms with Gasteiger partial charge in [0.1, 0.15) is 34.7 Å². The van der Waals surface area contributed by atoms with Crippen LogP contribution in [0.1, 0.15) is 49.8 Å². The standard InChI is InChI=1S/C28H29FN6O/c1-33(27-24(16-31)28(36)34(2)25-14-7-20(15-30)32-26(25)27)21-10-12-23(13-11-21)35(17-18-3-4-18)22-8-5-19(29)6-9-22/h5-9,14,18,21,23H,3-4,10-13,17H2,1-2H3. The molecule has 0 N–H and O–H groups in total. The Hall–Kier alpha value is -3.91. The van der Waals surface area contributed by atoms with Crippen molar-refractivity contribution in [2.24, 2.45) is 13.0 Å². The second-order valence-corrected chi connectivity index (χ2v) is 10.0. The number of fused-ring (bicyclic) bond motifs is 1. The van der Waals surface area contributed by atoms with E-state index in [4.69, 9.17) is 0 Å². The van der Waals surface area contributed by atoms with Crippen LogP contribution in [-0.2, 0) is 7.05 Å². The number of rotatable bonds is 6. The van der Waals surface area contributed by atoms with Crippen LogP contribution in [0.4, 0.5) is 15.8 Å². The quantitative estimate of drug-likeness (QED) is 0.513. The van der Waals surface area contributed by atoms with Gasteiger partial charge in [0.2, 0.25) is 0 Å². The summed E-state index contributed by atoms with van der Waals surface area (Å²) in [6.07, 6.45) is 6.20. The van der Waals surface area contributed by atoms with Gasteiger partial charge in [-0.05, 0) is 80.8 Å². The van der Waals surface area contributed by atoms with Crippen LogP contribution in [-0.4, -0.2) is 35.2 Å². The average molecular weight is 485 g/mol. The Balaban J connectivity index is 1.43. The molecule has 7 nitrogen and oxygen atoms in total. The van der Waals surface area contributed by atoms with E-state index >= 15 is 0 Å². The van der Waals surface area contributed by atoms with Crippen molar-refractivity contribution >= 4 is 22.4 Å². The summed E-state index contributed by atoms with van der Waals surface area (Å²) in [4.78, 5) is 22.0.